The molecule has 0 aliphatic carbocycles. The molecule has 2 aromatic rings. The Balaban J connectivity index is 2.13. The third-order valence-corrected chi connectivity index (χ3v) is 3.14. The van der Waals surface area contributed by atoms with Crippen molar-refractivity contribution in [1.82, 2.24) is 10.3 Å². The highest BCUT2D eigenvalue weighted by atomic mass is 79.9. The van der Waals surface area contributed by atoms with Crippen molar-refractivity contribution in [2.24, 2.45) is 0 Å². The van der Waals surface area contributed by atoms with Crippen molar-refractivity contribution in [1.29, 1.82) is 0 Å². The van der Waals surface area contributed by atoms with Gasteiger partial charge in [0.1, 0.15) is 5.75 Å². The standard InChI is InChI=1S/C13H12BrClN2O/c1-16-7-9-2-5-13(17-8-9)18-12-4-3-10(15)6-11(12)14/h2-6,8,16H,7H2,1H3. The Morgan fingerprint density at radius 3 is 2.78 bits per heavy atom. The average molecular weight is 328 g/mol. The predicted molar refractivity (Wildman–Crippen MR) is 76.2 cm³/mol. The molecule has 0 saturated heterocycles. The highest BCUT2D eigenvalue weighted by Crippen LogP contribution is 2.31. The first kappa shape index (κ1) is 13.3. The molecule has 0 aliphatic rings. The van der Waals surface area contributed by atoms with Gasteiger partial charge in [-0.1, -0.05) is 17.7 Å². The van der Waals surface area contributed by atoms with Gasteiger partial charge < -0.3 is 10.1 Å². The minimum absolute atomic E-state index is 0.554. The van der Waals surface area contributed by atoms with Crippen LogP contribution in [0.3, 0.4) is 0 Å². The Hall–Kier alpha value is -1.10. The molecule has 0 spiro atoms. The molecule has 0 aliphatic heterocycles. The van der Waals surface area contributed by atoms with Gasteiger partial charge in [0, 0.05) is 23.8 Å². The summed E-state index contributed by atoms with van der Waals surface area (Å²) in [5.74, 6) is 1.24. The second-order valence-corrected chi connectivity index (χ2v) is 5.00. The summed E-state index contributed by atoms with van der Waals surface area (Å²) in [6.07, 6.45) is 1.79. The number of aromatic nitrogens is 1. The number of benzene rings is 1. The molecule has 0 atom stereocenters. The number of nitrogens with zero attached hydrogens (tertiary/aromatic N) is 1. The number of hydrogen-bond acceptors (Lipinski definition) is 3. The van der Waals surface area contributed by atoms with E-state index in [-0.39, 0.29) is 0 Å². The van der Waals surface area contributed by atoms with Crippen molar-refractivity contribution in [3.05, 3.63) is 51.6 Å². The van der Waals surface area contributed by atoms with Gasteiger partial charge in [-0.25, -0.2) is 4.98 Å². The molecule has 2 rings (SSSR count). The Bertz CT molecular complexity index is 531. The molecular formula is C13H12BrClN2O. The molecule has 1 heterocycles. The maximum atomic E-state index is 5.87. The molecule has 1 aromatic heterocycles. The van der Waals surface area contributed by atoms with Crippen LogP contribution in [-0.2, 0) is 6.54 Å². The van der Waals surface area contributed by atoms with Gasteiger partial charge in [-0.2, -0.15) is 0 Å². The molecule has 1 aromatic carbocycles. The molecule has 18 heavy (non-hydrogen) atoms. The summed E-state index contributed by atoms with van der Waals surface area (Å²) in [6.45, 7) is 0.790. The lowest BCUT2D eigenvalue weighted by molar-refractivity contribution is 0.459. The molecule has 0 saturated carbocycles. The third-order valence-electron chi connectivity index (χ3n) is 2.29. The van der Waals surface area contributed by atoms with Crippen molar-refractivity contribution in [2.45, 2.75) is 6.54 Å². The zero-order valence-electron chi connectivity index (χ0n) is 9.78. The van der Waals surface area contributed by atoms with Crippen LogP contribution in [0.4, 0.5) is 0 Å². The SMILES string of the molecule is CNCc1ccc(Oc2ccc(Cl)cc2Br)nc1. The first-order valence-corrected chi connectivity index (χ1v) is 6.58. The van der Waals surface area contributed by atoms with Crippen LogP contribution in [-0.4, -0.2) is 12.0 Å². The van der Waals surface area contributed by atoms with E-state index in [0.29, 0.717) is 16.7 Å². The summed E-state index contributed by atoms with van der Waals surface area (Å²) >= 11 is 9.26. The molecule has 5 heteroatoms. The molecule has 0 unspecified atom stereocenters. The van der Waals surface area contributed by atoms with Gasteiger partial charge in [0.2, 0.25) is 5.88 Å². The van der Waals surface area contributed by atoms with E-state index in [1.165, 1.54) is 0 Å². The van der Waals surface area contributed by atoms with E-state index in [2.05, 4.69) is 26.2 Å². The van der Waals surface area contributed by atoms with E-state index in [9.17, 15) is 0 Å². The first-order valence-electron chi connectivity index (χ1n) is 5.41. The smallest absolute Gasteiger partial charge is 0.219 e. The van der Waals surface area contributed by atoms with Crippen LogP contribution in [0.1, 0.15) is 5.56 Å². The Labute approximate surface area is 119 Å². The number of pyridine rings is 1. The monoisotopic (exact) mass is 326 g/mol. The highest BCUT2D eigenvalue weighted by Gasteiger charge is 2.04. The van der Waals surface area contributed by atoms with E-state index in [1.807, 2.05) is 19.2 Å². The van der Waals surface area contributed by atoms with Gasteiger partial charge >= 0.3 is 0 Å². The maximum absolute atomic E-state index is 5.87. The summed E-state index contributed by atoms with van der Waals surface area (Å²) in [5, 5.41) is 3.72. The largest absolute Gasteiger partial charge is 0.438 e. The molecule has 0 amide bonds. The fourth-order valence-electron chi connectivity index (χ4n) is 1.45. The average Bonchev–Trinajstić information content (AvgIpc) is 2.35. The predicted octanol–water partition coefficient (Wildman–Crippen LogP) is 4.01. The van der Waals surface area contributed by atoms with Crippen LogP contribution in [0, 0.1) is 0 Å². The summed E-state index contributed by atoms with van der Waals surface area (Å²) in [4.78, 5) is 4.24. The lowest BCUT2D eigenvalue weighted by atomic mass is 10.3. The number of ether oxygens (including phenoxy) is 1. The normalized spacial score (nSPS) is 10.4. The van der Waals surface area contributed by atoms with E-state index in [0.717, 1.165) is 16.6 Å². The van der Waals surface area contributed by atoms with E-state index in [1.54, 1.807) is 24.4 Å². The van der Waals surface area contributed by atoms with Crippen LogP contribution in [0.15, 0.2) is 41.0 Å². The van der Waals surface area contributed by atoms with Crippen molar-refractivity contribution in [3.63, 3.8) is 0 Å². The number of rotatable bonds is 4. The number of nitrogens with one attached hydrogen (secondary N) is 1. The zero-order valence-corrected chi connectivity index (χ0v) is 12.1. The van der Waals surface area contributed by atoms with E-state index >= 15 is 0 Å². The second kappa shape index (κ2) is 6.18. The molecular weight excluding hydrogens is 316 g/mol. The Kier molecular flexibility index (Phi) is 4.58. The first-order chi connectivity index (χ1) is 8.69. The van der Waals surface area contributed by atoms with Gasteiger partial charge in [0.25, 0.3) is 0 Å². The fourth-order valence-corrected chi connectivity index (χ4v) is 2.21. The van der Waals surface area contributed by atoms with Crippen molar-refractivity contribution in [2.75, 3.05) is 7.05 Å². The highest BCUT2D eigenvalue weighted by molar-refractivity contribution is 9.10. The van der Waals surface area contributed by atoms with Gasteiger partial charge in [0.05, 0.1) is 4.47 Å². The number of hydrogen-bond donors (Lipinski definition) is 1. The van der Waals surface area contributed by atoms with Crippen molar-refractivity contribution < 1.29 is 4.74 Å². The van der Waals surface area contributed by atoms with Crippen molar-refractivity contribution >= 4 is 27.5 Å². The molecule has 94 valence electrons. The summed E-state index contributed by atoms with van der Waals surface area (Å²) < 4.78 is 6.46. The molecule has 0 radical (unpaired) electrons. The maximum Gasteiger partial charge on any atom is 0.219 e. The fraction of sp³-hybridized carbons (Fsp3) is 0.154. The lowest BCUT2D eigenvalue weighted by Gasteiger charge is -2.07. The van der Waals surface area contributed by atoms with Crippen molar-refractivity contribution in [3.8, 4) is 11.6 Å². The van der Waals surface area contributed by atoms with E-state index in [4.69, 9.17) is 16.3 Å². The van der Waals surface area contributed by atoms with Crippen LogP contribution < -0.4 is 10.1 Å². The topological polar surface area (TPSA) is 34.1 Å². The van der Waals surface area contributed by atoms with Crippen LogP contribution in [0.25, 0.3) is 0 Å². The molecule has 1 N–H and O–H groups in total. The van der Waals surface area contributed by atoms with Crippen LogP contribution >= 0.6 is 27.5 Å². The Morgan fingerprint density at radius 1 is 1.33 bits per heavy atom. The van der Waals surface area contributed by atoms with Gasteiger partial charge in [-0.05, 0) is 46.7 Å². The second-order valence-electron chi connectivity index (χ2n) is 3.71. The summed E-state index contributed by atoms with van der Waals surface area (Å²) in [7, 11) is 1.90. The zero-order chi connectivity index (χ0) is 13.0. The van der Waals surface area contributed by atoms with Crippen LogP contribution in [0.5, 0.6) is 11.6 Å². The summed E-state index contributed by atoms with van der Waals surface area (Å²) in [6, 6.07) is 9.18. The van der Waals surface area contributed by atoms with Gasteiger partial charge in [0.15, 0.2) is 0 Å². The third kappa shape index (κ3) is 3.45. The van der Waals surface area contributed by atoms with Gasteiger partial charge in [-0.15, -0.1) is 0 Å². The lowest BCUT2D eigenvalue weighted by Crippen LogP contribution is -2.05. The minimum atomic E-state index is 0.554. The molecule has 0 fully saturated rings. The molecule has 3 nitrogen and oxygen atoms in total. The van der Waals surface area contributed by atoms with Gasteiger partial charge in [-0.3, -0.25) is 0 Å². The Morgan fingerprint density at radius 2 is 2.17 bits per heavy atom. The minimum Gasteiger partial charge on any atom is -0.438 e. The van der Waals surface area contributed by atoms with Crippen LogP contribution in [0.2, 0.25) is 5.02 Å². The molecule has 0 bridgehead atoms. The van der Waals surface area contributed by atoms with E-state index < -0.39 is 0 Å². The number of halogens is 2. The quantitative estimate of drug-likeness (QED) is 0.921. The summed E-state index contributed by atoms with van der Waals surface area (Å²) in [5.41, 5.74) is 1.11.